The molecular formula is C67H124N4O15S3Si3. The van der Waals surface area contributed by atoms with E-state index in [4.69, 9.17) is 41.8 Å². The Balaban J connectivity index is 0.000000650. The van der Waals surface area contributed by atoms with Crippen molar-refractivity contribution >= 4 is 102 Å². The summed E-state index contributed by atoms with van der Waals surface area (Å²) in [6.45, 7) is 56.3. The second-order valence-corrected chi connectivity index (χ2v) is 49.0. The summed E-state index contributed by atoms with van der Waals surface area (Å²) in [5, 5.41) is 21.6. The summed E-state index contributed by atoms with van der Waals surface area (Å²) in [7, 11) is -4.95. The molecule has 9 atom stereocenters. The van der Waals surface area contributed by atoms with E-state index in [9.17, 15) is 28.8 Å². The Bertz CT molecular complexity index is 2430. The summed E-state index contributed by atoms with van der Waals surface area (Å²) in [6, 6.07) is 9.39. The quantitative estimate of drug-likeness (QED) is 0.0374. The normalized spacial score (nSPS) is 21.5. The Morgan fingerprint density at radius 3 is 1.40 bits per heavy atom. The van der Waals surface area contributed by atoms with Gasteiger partial charge in [0.05, 0.1) is 30.7 Å². The van der Waals surface area contributed by atoms with Gasteiger partial charge in [0.2, 0.25) is 0 Å². The maximum atomic E-state index is 12.8. The molecule has 19 nitrogen and oxygen atoms in total. The van der Waals surface area contributed by atoms with Crippen LogP contribution in [0.3, 0.4) is 0 Å². The molecule has 0 aromatic heterocycles. The van der Waals surface area contributed by atoms with Gasteiger partial charge in [-0.3, -0.25) is 4.79 Å². The van der Waals surface area contributed by atoms with Gasteiger partial charge in [-0.1, -0.05) is 98.7 Å². The van der Waals surface area contributed by atoms with Gasteiger partial charge in [0.15, 0.2) is 16.6 Å². The van der Waals surface area contributed by atoms with Crippen LogP contribution in [-0.2, 0) is 46.2 Å². The number of carboxylic acids is 1. The number of carbonyl (C=O) groups is 6. The van der Waals surface area contributed by atoms with Gasteiger partial charge in [-0.15, -0.1) is 6.58 Å². The summed E-state index contributed by atoms with van der Waals surface area (Å²) in [5.74, 6) is 4.04. The largest absolute Gasteiger partial charge is 0.481 e. The fourth-order valence-electron chi connectivity index (χ4n) is 8.97. The third-order valence-electron chi connectivity index (χ3n) is 16.2. The fourth-order valence-corrected chi connectivity index (χ4v) is 18.1. The number of amides is 4. The third kappa shape index (κ3) is 32.6. The lowest BCUT2D eigenvalue weighted by atomic mass is 9.98. The highest BCUT2D eigenvalue weighted by Gasteiger charge is 2.52. The van der Waals surface area contributed by atoms with Gasteiger partial charge in [0.1, 0.15) is 28.7 Å². The topological polar surface area (TPSA) is 245 Å². The first-order valence-corrected chi connectivity index (χ1v) is 43.5. The van der Waals surface area contributed by atoms with Crippen molar-refractivity contribution < 1.29 is 70.5 Å². The average Bonchev–Trinajstić information content (AvgIpc) is 0.779. The first-order valence-electron chi connectivity index (χ1n) is 32.4. The molecule has 3 aliphatic rings. The zero-order valence-corrected chi connectivity index (χ0v) is 66.7. The number of aldehydes is 1. The molecule has 4 rings (SSSR count). The number of alkyl carbamates (subject to hydrolysis) is 4. The Morgan fingerprint density at radius 2 is 0.978 bits per heavy atom. The number of rotatable bonds is 19. The molecule has 1 unspecified atom stereocenters. The van der Waals surface area contributed by atoms with E-state index in [1.165, 1.54) is 0 Å². The molecule has 0 radical (unpaired) electrons. The SMILES string of the molecule is C=C[C@@H](CO[Si](C)(C)C(C)(C)C)[C@@H](CO[Si](OC)(c1ccccc1)C(C)(C)C)NC(=O)OC(C)(C)C.CC(C)(C)OC(=O)N[C@@H]1CSCC[C@H]1C(=O)O.CC(C)(C)OC(=O)N[C@@H]1CSCC[C@H]1C=O.CC(C)(C)OC(=O)N[C@@H]1CSCC[C@H]1CO[Si](C)(C)C(C)(C)C. The van der Waals surface area contributed by atoms with Crippen LogP contribution in [0.15, 0.2) is 43.0 Å². The summed E-state index contributed by atoms with van der Waals surface area (Å²) >= 11 is 5.29. The number of thioether (sulfide) groups is 3. The van der Waals surface area contributed by atoms with E-state index in [2.05, 4.69) is 128 Å². The van der Waals surface area contributed by atoms with Crippen molar-refractivity contribution in [3.8, 4) is 0 Å². The van der Waals surface area contributed by atoms with E-state index in [1.54, 1.807) is 51.4 Å². The molecule has 0 bridgehead atoms. The number of aliphatic carboxylic acids is 1. The minimum Gasteiger partial charge on any atom is -0.481 e. The molecule has 532 valence electrons. The summed E-state index contributed by atoms with van der Waals surface area (Å²) in [5.41, 5.74) is -2.14. The molecule has 1 aromatic rings. The van der Waals surface area contributed by atoms with Crippen LogP contribution in [0, 0.1) is 23.7 Å². The van der Waals surface area contributed by atoms with Gasteiger partial charge in [-0.25, -0.2) is 19.2 Å². The van der Waals surface area contributed by atoms with E-state index in [0.717, 1.165) is 59.7 Å². The van der Waals surface area contributed by atoms with Crippen molar-refractivity contribution in [1.29, 1.82) is 0 Å². The lowest BCUT2D eigenvalue weighted by Crippen LogP contribution is -2.61. The highest BCUT2D eigenvalue weighted by Crippen LogP contribution is 2.40. The van der Waals surface area contributed by atoms with Crippen LogP contribution >= 0.6 is 35.3 Å². The molecule has 92 heavy (non-hydrogen) atoms. The second kappa shape index (κ2) is 37.5. The maximum absolute atomic E-state index is 12.8. The van der Waals surface area contributed by atoms with Crippen LogP contribution in [-0.4, -0.2) is 175 Å². The van der Waals surface area contributed by atoms with Gasteiger partial charge < -0.3 is 67.8 Å². The standard InChI is InChI=1S/C28H51NO5Si2.C17H35NO3SSi.C11H19NO4S.C11H19NO3S/c1-14-22(20-32-35(12,13)27(5,6)7)24(29-25(30)34-26(2,3)4)21-33-36(31-11,28(8,9)10)23-18-16-15-17-19-23;1-16(2,3)21-15(19)18-14-12-22-10-9-13(14)11-20-23(7,8)17(4,5)6;1-11(2,3)16-10(15)12-8-6-17-5-4-7(8)9(13)14;1-11(2,3)15-10(14)12-9-7-16-5-4-8(9)6-13/h14-19,22,24H,1,20-21H2,2-13H3,(H,29,30);13-14H,9-12H2,1-8H3,(H,18,19);7-8H,4-6H2,1-3H3,(H,12,15)(H,13,14);6,8-9H,4-5,7H2,1-3H3,(H,12,14)/t22-,24+,36?;13-,14+;7-,8-;8-,9+/m0010/s1. The molecule has 3 fully saturated rings. The summed E-state index contributed by atoms with van der Waals surface area (Å²) < 4.78 is 47.1. The van der Waals surface area contributed by atoms with Crippen LogP contribution in [0.5, 0.6) is 0 Å². The molecule has 25 heteroatoms. The van der Waals surface area contributed by atoms with Crippen molar-refractivity contribution in [3.63, 3.8) is 0 Å². The molecule has 3 heterocycles. The van der Waals surface area contributed by atoms with Crippen molar-refractivity contribution in [2.75, 3.05) is 61.4 Å². The van der Waals surface area contributed by atoms with Crippen molar-refractivity contribution in [1.82, 2.24) is 21.3 Å². The fraction of sp³-hybridized carbons (Fsp3) is 0.791. The first kappa shape index (κ1) is 86.7. The Morgan fingerprint density at radius 1 is 0.565 bits per heavy atom. The second-order valence-electron chi connectivity index (χ2n) is 31.9. The monoisotopic (exact) mass is 1400 g/mol. The lowest BCUT2D eigenvalue weighted by Gasteiger charge is -2.42. The van der Waals surface area contributed by atoms with E-state index in [1.807, 2.05) is 98.4 Å². The van der Waals surface area contributed by atoms with Crippen molar-refractivity contribution in [3.05, 3.63) is 43.0 Å². The number of ether oxygens (including phenoxy) is 4. The maximum Gasteiger partial charge on any atom is 0.407 e. The lowest BCUT2D eigenvalue weighted by molar-refractivity contribution is -0.142. The zero-order valence-electron chi connectivity index (χ0n) is 61.2. The Hall–Kier alpha value is -3.28. The Kier molecular flexibility index (Phi) is 35.3. The van der Waals surface area contributed by atoms with Crippen LogP contribution in [0.1, 0.15) is 165 Å². The molecule has 0 saturated carbocycles. The zero-order chi connectivity index (χ0) is 71.1. The predicted octanol–water partition coefficient (Wildman–Crippen LogP) is 14.7. The van der Waals surface area contributed by atoms with Crippen LogP contribution < -0.4 is 26.5 Å². The molecule has 0 aliphatic carbocycles. The summed E-state index contributed by atoms with van der Waals surface area (Å²) in [6.07, 6.45) is 3.48. The minimum atomic E-state index is -2.91. The van der Waals surface area contributed by atoms with Gasteiger partial charge in [-0.2, -0.15) is 35.3 Å². The van der Waals surface area contributed by atoms with E-state index < -0.39 is 83.8 Å². The van der Waals surface area contributed by atoms with Gasteiger partial charge in [-0.05, 0) is 161 Å². The smallest absolute Gasteiger partial charge is 0.407 e. The Labute approximate surface area is 571 Å². The van der Waals surface area contributed by atoms with E-state index in [0.29, 0.717) is 24.7 Å². The van der Waals surface area contributed by atoms with Gasteiger partial charge in [0, 0.05) is 66.4 Å². The van der Waals surface area contributed by atoms with Gasteiger partial charge in [0.25, 0.3) is 0 Å². The molecule has 3 aliphatic heterocycles. The average molecular weight is 1410 g/mol. The highest BCUT2D eigenvalue weighted by atomic mass is 32.2. The van der Waals surface area contributed by atoms with Crippen LogP contribution in [0.4, 0.5) is 19.2 Å². The molecule has 1 aromatic carbocycles. The number of hydrogen-bond donors (Lipinski definition) is 5. The number of nitrogens with one attached hydrogen (secondary N) is 4. The molecule has 4 amide bonds. The van der Waals surface area contributed by atoms with Crippen molar-refractivity contribution in [2.45, 2.75) is 253 Å². The highest BCUT2D eigenvalue weighted by molar-refractivity contribution is 7.99. The third-order valence-corrected chi connectivity index (χ3v) is 32.8. The molecule has 5 N–H and O–H groups in total. The number of carbonyl (C=O) groups excluding carboxylic acids is 5. The van der Waals surface area contributed by atoms with E-state index in [-0.39, 0.29) is 57.8 Å². The number of carboxylic acid groups (broad SMARTS) is 1. The van der Waals surface area contributed by atoms with E-state index >= 15 is 0 Å². The number of hydrogen-bond acceptors (Lipinski definition) is 17. The van der Waals surface area contributed by atoms with Crippen molar-refractivity contribution in [2.24, 2.45) is 23.7 Å². The van der Waals surface area contributed by atoms with Gasteiger partial charge >= 0.3 is 38.9 Å². The predicted molar refractivity (Wildman–Crippen MR) is 387 cm³/mol. The number of benzene rings is 1. The molecular weight excluding hydrogens is 1280 g/mol. The molecule has 3 saturated heterocycles. The van der Waals surface area contributed by atoms with Crippen LogP contribution in [0.25, 0.3) is 0 Å². The minimum absolute atomic E-state index is 0.0704. The summed E-state index contributed by atoms with van der Waals surface area (Å²) in [4.78, 5) is 69.8. The van der Waals surface area contributed by atoms with Crippen LogP contribution in [0.2, 0.25) is 41.3 Å². The molecule has 0 spiro atoms. The first-order chi connectivity index (χ1) is 41.8.